The second kappa shape index (κ2) is 12.1. The molecule has 0 spiro atoms. The Morgan fingerprint density at radius 2 is 1.51 bits per heavy atom. The minimum Gasteiger partial charge on any atom is -0.396 e. The van der Waals surface area contributed by atoms with Crippen LogP contribution in [0.15, 0.2) is 12.2 Å². The van der Waals surface area contributed by atoms with Gasteiger partial charge in [0.2, 0.25) is 0 Å². The third-order valence-electron chi connectivity index (χ3n) is 9.58. The first-order valence-electron chi connectivity index (χ1n) is 13.8. The highest BCUT2D eigenvalue weighted by Crippen LogP contribution is 2.69. The molecular formula is C28H46ClN2O3P. The first kappa shape index (κ1) is 27.8. The molecule has 4 bridgehead atoms. The average Bonchev–Trinajstić information content (AvgIpc) is 3.42. The van der Waals surface area contributed by atoms with Gasteiger partial charge in [-0.15, -0.1) is 11.6 Å². The summed E-state index contributed by atoms with van der Waals surface area (Å²) in [6.07, 6.45) is 12.6. The van der Waals surface area contributed by atoms with E-state index in [1.807, 2.05) is 0 Å². The highest BCUT2D eigenvalue weighted by Gasteiger charge is 2.64. The van der Waals surface area contributed by atoms with E-state index in [1.165, 1.54) is 32.1 Å². The number of fused-ring (bicyclic) bond motifs is 10. The number of hydrogen-bond donors (Lipinski definition) is 1. The van der Waals surface area contributed by atoms with E-state index in [0.29, 0.717) is 31.7 Å². The lowest BCUT2D eigenvalue weighted by molar-refractivity contribution is 0.165. The van der Waals surface area contributed by atoms with E-state index in [4.69, 9.17) is 19.4 Å². The van der Waals surface area contributed by atoms with Gasteiger partial charge in [-0.2, -0.15) is 5.26 Å². The van der Waals surface area contributed by atoms with Gasteiger partial charge in [-0.1, -0.05) is 12.2 Å². The Morgan fingerprint density at radius 1 is 0.943 bits per heavy atom. The lowest BCUT2D eigenvalue weighted by atomic mass is 10.0. The Labute approximate surface area is 219 Å². The summed E-state index contributed by atoms with van der Waals surface area (Å²) in [6, 6.07) is 2.90. The van der Waals surface area contributed by atoms with Gasteiger partial charge >= 0.3 is 0 Å². The standard InChI is InChI=1S/C18H29N2O2P.C9H14O.CH3Cl/c1-12(2)20(13(3)4)23(21-9-5-8-19)22-11-16-17-14-6-7-15(10-14)18(16)17;10-4-7-8-5-1-2-6(3-5)9(7)8;1-2/h6-7,12-18H,5,9-11H2,1-4H3;5-10H,1-4H2;1H3. The fourth-order valence-electron chi connectivity index (χ4n) is 8.40. The summed E-state index contributed by atoms with van der Waals surface area (Å²) >= 11 is 4.64. The second-order valence-electron chi connectivity index (χ2n) is 11.9. The van der Waals surface area contributed by atoms with E-state index in [-0.39, 0.29) is 0 Å². The molecule has 0 heterocycles. The molecular weight excluding hydrogens is 479 g/mol. The maximum atomic E-state index is 8.98. The normalized spacial score (nSPS) is 41.2. The van der Waals surface area contributed by atoms with Crippen LogP contribution in [0.3, 0.4) is 0 Å². The molecule has 0 radical (unpaired) electrons. The van der Waals surface area contributed by atoms with Crippen LogP contribution in [0.5, 0.6) is 0 Å². The Hall–Kier alpha value is -0.210. The second-order valence-corrected chi connectivity index (χ2v) is 13.4. The van der Waals surface area contributed by atoms with Gasteiger partial charge in [0.15, 0.2) is 0 Å². The molecule has 5 nitrogen and oxygen atoms in total. The molecule has 6 aliphatic rings. The molecule has 0 aromatic carbocycles. The predicted molar refractivity (Wildman–Crippen MR) is 143 cm³/mol. The monoisotopic (exact) mass is 524 g/mol. The molecule has 7 heteroatoms. The van der Waals surface area contributed by atoms with Gasteiger partial charge < -0.3 is 14.2 Å². The number of hydrogen-bond acceptors (Lipinski definition) is 5. The van der Waals surface area contributed by atoms with Crippen LogP contribution in [-0.2, 0) is 9.05 Å². The van der Waals surface area contributed by atoms with Gasteiger partial charge in [-0.25, -0.2) is 4.67 Å². The van der Waals surface area contributed by atoms with Crippen LogP contribution in [0, 0.1) is 70.5 Å². The van der Waals surface area contributed by atoms with Crippen molar-refractivity contribution in [1.29, 1.82) is 5.26 Å². The molecule has 6 rings (SSSR count). The first-order valence-corrected chi connectivity index (χ1v) is 15.7. The summed E-state index contributed by atoms with van der Waals surface area (Å²) in [6.45, 7) is 10.5. The summed E-state index contributed by atoms with van der Waals surface area (Å²) in [5, 5.41) is 17.7. The Bertz CT molecular complexity index is 732. The van der Waals surface area contributed by atoms with Crippen LogP contribution < -0.4 is 0 Å². The maximum absolute atomic E-state index is 8.98. The van der Waals surface area contributed by atoms with Crippen molar-refractivity contribution in [2.45, 2.75) is 71.9 Å². The molecule has 0 aromatic rings. The molecule has 9 unspecified atom stereocenters. The summed E-state index contributed by atoms with van der Waals surface area (Å²) in [5.41, 5.74) is 0. The molecule has 0 aromatic heterocycles. The number of nitrogens with zero attached hydrogens (tertiary/aromatic N) is 2. The number of nitriles is 1. The minimum atomic E-state index is -1.07. The number of halogens is 1. The molecule has 5 saturated carbocycles. The van der Waals surface area contributed by atoms with E-state index in [9.17, 15) is 0 Å². The number of rotatable bonds is 10. The van der Waals surface area contributed by atoms with Crippen LogP contribution in [0.4, 0.5) is 0 Å². The number of alkyl halides is 1. The predicted octanol–water partition coefficient (Wildman–Crippen LogP) is 6.47. The average molecular weight is 525 g/mol. The van der Waals surface area contributed by atoms with Gasteiger partial charge in [0.05, 0.1) is 25.7 Å². The zero-order valence-electron chi connectivity index (χ0n) is 22.2. The Morgan fingerprint density at radius 3 is 2.00 bits per heavy atom. The molecule has 1 N–H and O–H groups in total. The summed E-state index contributed by atoms with van der Waals surface area (Å²) in [5.74, 6) is 8.85. The summed E-state index contributed by atoms with van der Waals surface area (Å²) in [7, 11) is -1.07. The van der Waals surface area contributed by atoms with Crippen molar-refractivity contribution in [2.75, 3.05) is 26.2 Å². The van der Waals surface area contributed by atoms with Crippen molar-refractivity contribution < 1.29 is 14.2 Å². The molecule has 0 amide bonds. The van der Waals surface area contributed by atoms with Crippen molar-refractivity contribution in [3.63, 3.8) is 0 Å². The number of allylic oxidation sites excluding steroid dienone is 2. The fraction of sp³-hybridized carbons (Fsp3) is 0.893. The van der Waals surface area contributed by atoms with Gasteiger partial charge in [-0.05, 0) is 113 Å². The van der Waals surface area contributed by atoms with Crippen LogP contribution in [0.1, 0.15) is 59.8 Å². The van der Waals surface area contributed by atoms with Crippen LogP contribution in [0.25, 0.3) is 0 Å². The molecule has 6 aliphatic carbocycles. The van der Waals surface area contributed by atoms with Crippen molar-refractivity contribution in [3.8, 4) is 6.07 Å². The van der Waals surface area contributed by atoms with E-state index in [0.717, 1.165) is 65.8 Å². The van der Waals surface area contributed by atoms with Crippen molar-refractivity contribution in [3.05, 3.63) is 12.2 Å². The fourth-order valence-corrected chi connectivity index (χ4v) is 10.0. The van der Waals surface area contributed by atoms with Gasteiger partial charge in [0, 0.05) is 25.1 Å². The first-order chi connectivity index (χ1) is 17.0. The third kappa shape index (κ3) is 5.64. The SMILES string of the molecule is CC(C)N(C(C)C)P(OCCC#N)OCC1C2C3C=CC(C3)C12.CCl.OCC1C2C3CCC(C3)C12. The molecule has 9 atom stereocenters. The smallest absolute Gasteiger partial charge is 0.259 e. The minimum absolute atomic E-state index is 0.375. The van der Waals surface area contributed by atoms with Gasteiger partial charge in [0.25, 0.3) is 8.53 Å². The zero-order valence-corrected chi connectivity index (χ0v) is 23.9. The Balaban J connectivity index is 0.000000197. The quantitative estimate of drug-likeness (QED) is 0.153. The largest absolute Gasteiger partial charge is 0.396 e. The van der Waals surface area contributed by atoms with Crippen molar-refractivity contribution in [2.24, 2.45) is 59.2 Å². The van der Waals surface area contributed by atoms with Crippen LogP contribution in [-0.4, -0.2) is 48.1 Å². The van der Waals surface area contributed by atoms with E-state index >= 15 is 0 Å². The van der Waals surface area contributed by atoms with E-state index in [2.05, 4.69) is 62.2 Å². The lowest BCUT2D eigenvalue weighted by Crippen LogP contribution is -2.34. The zero-order chi connectivity index (χ0) is 25.3. The number of aliphatic hydroxyl groups is 1. The number of aliphatic hydroxyl groups excluding tert-OH is 1. The molecule has 5 fully saturated rings. The molecule has 0 saturated heterocycles. The van der Waals surface area contributed by atoms with Crippen LogP contribution >= 0.6 is 20.1 Å². The van der Waals surface area contributed by atoms with Crippen molar-refractivity contribution in [1.82, 2.24) is 4.67 Å². The maximum Gasteiger partial charge on any atom is 0.259 e. The van der Waals surface area contributed by atoms with E-state index in [1.54, 1.807) is 0 Å². The Kier molecular flexibility index (Phi) is 9.62. The van der Waals surface area contributed by atoms with Gasteiger partial charge in [-0.3, -0.25) is 0 Å². The summed E-state index contributed by atoms with van der Waals surface area (Å²) < 4.78 is 14.6. The molecule has 0 aliphatic heterocycles. The van der Waals surface area contributed by atoms with Crippen LogP contribution in [0.2, 0.25) is 0 Å². The topological polar surface area (TPSA) is 65.7 Å². The highest BCUT2D eigenvalue weighted by molar-refractivity contribution is 7.44. The highest BCUT2D eigenvalue weighted by atomic mass is 35.5. The summed E-state index contributed by atoms with van der Waals surface area (Å²) in [4.78, 5) is 0. The van der Waals surface area contributed by atoms with Crippen molar-refractivity contribution >= 4 is 20.1 Å². The van der Waals surface area contributed by atoms with Gasteiger partial charge in [0.1, 0.15) is 0 Å². The lowest BCUT2D eigenvalue weighted by Gasteiger charge is -2.35. The van der Waals surface area contributed by atoms with E-state index < -0.39 is 8.53 Å². The third-order valence-corrected chi connectivity index (χ3v) is 11.7. The molecule has 35 heavy (non-hydrogen) atoms. The molecule has 198 valence electrons.